The topological polar surface area (TPSA) is 18.5 Å². The second kappa shape index (κ2) is 16.0. The number of hydrogen-bond acceptors (Lipinski definition) is 2. The molecule has 1 heterocycles. The zero-order valence-corrected chi connectivity index (χ0v) is 35.9. The molecule has 0 amide bonds. The minimum Gasteiger partial charge on any atom is -1.00 e. The van der Waals surface area contributed by atoms with Crippen LogP contribution >= 0.6 is 0 Å². The quantitative estimate of drug-likeness (QED) is 0.175. The van der Waals surface area contributed by atoms with E-state index in [1.165, 1.54) is 101 Å². The molecule has 0 radical (unpaired) electrons. The van der Waals surface area contributed by atoms with Gasteiger partial charge in [-0.05, 0) is 0 Å². The number of ether oxygens (including phenoxy) is 2. The Morgan fingerprint density at radius 3 is 1.23 bits per heavy atom. The summed E-state index contributed by atoms with van der Waals surface area (Å²) in [5.74, 6) is 3.35. The first-order chi connectivity index (χ1) is 24.7. The molecule has 1 saturated heterocycles. The molecule has 2 saturated carbocycles. The van der Waals surface area contributed by atoms with Crippen LogP contribution in [0.25, 0.3) is 34.4 Å². The zero-order chi connectivity index (χ0) is 33.7. The Morgan fingerprint density at radius 2 is 0.885 bits per heavy atom. The van der Waals surface area contributed by atoms with E-state index in [2.05, 4.69) is 97.1 Å². The van der Waals surface area contributed by atoms with Gasteiger partial charge in [-0.15, -0.1) is 0 Å². The average Bonchev–Trinajstić information content (AvgIpc) is 3.76. The van der Waals surface area contributed by atoms with Crippen molar-refractivity contribution in [3.8, 4) is 33.8 Å². The maximum atomic E-state index is 5.56. The number of fused-ring (bicyclic) bond motifs is 2. The van der Waals surface area contributed by atoms with E-state index in [1.807, 2.05) is 11.1 Å². The van der Waals surface area contributed by atoms with Gasteiger partial charge in [0.1, 0.15) is 0 Å². The third kappa shape index (κ3) is 6.49. The Labute approximate surface area is 328 Å². The molecule has 270 valence electrons. The fourth-order valence-electron chi connectivity index (χ4n) is 11.1. The van der Waals surface area contributed by atoms with E-state index < -0.39 is 20.0 Å². The summed E-state index contributed by atoms with van der Waals surface area (Å²) in [5, 5.41) is 0. The largest absolute Gasteiger partial charge is 1.00 e. The maximum absolute atomic E-state index is 5.56. The van der Waals surface area contributed by atoms with Gasteiger partial charge >= 0.3 is 306 Å². The molecule has 0 aromatic heterocycles. The van der Waals surface area contributed by atoms with Crippen LogP contribution in [0.4, 0.5) is 0 Å². The number of allylic oxidation sites excluding steroid dienone is 2. The van der Waals surface area contributed by atoms with E-state index >= 15 is 0 Å². The Bertz CT molecular complexity index is 1790. The van der Waals surface area contributed by atoms with Gasteiger partial charge in [0.2, 0.25) is 0 Å². The fourth-order valence-corrected chi connectivity index (χ4v) is 34.0. The third-order valence-electron chi connectivity index (χ3n) is 13.6. The van der Waals surface area contributed by atoms with E-state index in [0.29, 0.717) is 7.35 Å². The average molecular weight is 898 g/mol. The third-order valence-corrected chi connectivity index (χ3v) is 35.7. The number of benzene rings is 4. The molecule has 2 unspecified atom stereocenters. The van der Waals surface area contributed by atoms with Crippen LogP contribution in [0.1, 0.15) is 100 Å². The van der Waals surface area contributed by atoms with Crippen LogP contribution in [-0.2, 0) is 20.0 Å². The van der Waals surface area contributed by atoms with Gasteiger partial charge in [-0.1, -0.05) is 0 Å². The van der Waals surface area contributed by atoms with Gasteiger partial charge in [0, 0.05) is 0 Å². The van der Waals surface area contributed by atoms with Crippen molar-refractivity contribution in [3.63, 3.8) is 0 Å². The van der Waals surface area contributed by atoms with Crippen molar-refractivity contribution in [2.24, 2.45) is 11.8 Å². The summed E-state index contributed by atoms with van der Waals surface area (Å²) in [6, 6.07) is 32.4. The van der Waals surface area contributed by atoms with Crippen molar-refractivity contribution in [2.45, 2.75) is 86.3 Å². The predicted molar refractivity (Wildman–Crippen MR) is 206 cm³/mol. The number of halogens is 2. The van der Waals surface area contributed by atoms with Gasteiger partial charge in [0.25, 0.3) is 0 Å². The standard InChI is InChI=1S/2C22H23O.C3H6.2ClH.Hf/c2*1-23-20-12-10-17(11-13-20)21-9-5-8-18-14-19(15-22(18)21)16-6-3-2-4-7-16;1-3-2;;;/h2*5,8-16H,2-4,6-7H2,1H3;1-3H2;2*1H;/q;;;;;+2/p-2. The molecule has 0 spiro atoms. The smallest absolute Gasteiger partial charge is 1.00 e. The molecule has 0 bridgehead atoms. The summed E-state index contributed by atoms with van der Waals surface area (Å²) < 4.78 is 15.6. The molecule has 3 fully saturated rings. The molecule has 0 N–H and O–H groups in total. The summed E-state index contributed by atoms with van der Waals surface area (Å²) in [4.78, 5) is 0. The van der Waals surface area contributed by atoms with Crippen LogP contribution < -0.4 is 34.3 Å². The van der Waals surface area contributed by atoms with Gasteiger partial charge in [-0.25, -0.2) is 0 Å². The molecule has 5 aliphatic rings. The van der Waals surface area contributed by atoms with E-state index in [1.54, 1.807) is 36.5 Å². The van der Waals surface area contributed by atoms with Crippen molar-refractivity contribution in [3.05, 3.63) is 118 Å². The number of rotatable bonds is 8. The maximum Gasteiger partial charge on any atom is -1.00 e. The summed E-state index contributed by atoms with van der Waals surface area (Å²) in [6.45, 7) is 0. The van der Waals surface area contributed by atoms with Crippen LogP contribution in [0, 0.1) is 11.8 Å². The molecular weight excluding hydrogens is 846 g/mol. The van der Waals surface area contributed by atoms with Crippen LogP contribution in [0.2, 0.25) is 8.35 Å². The molecule has 2 atom stereocenters. The van der Waals surface area contributed by atoms with Gasteiger partial charge in [-0.3, -0.25) is 0 Å². The Hall–Kier alpha value is -2.59. The van der Waals surface area contributed by atoms with Crippen LogP contribution in [0.5, 0.6) is 11.5 Å². The summed E-state index contributed by atoms with van der Waals surface area (Å²) in [5.41, 5.74) is 15.7. The number of methoxy groups -OCH3 is 2. The van der Waals surface area contributed by atoms with Crippen LogP contribution in [0.3, 0.4) is 0 Å². The molecule has 9 rings (SSSR count). The summed E-state index contributed by atoms with van der Waals surface area (Å²) in [7, 11) is 3.53. The minimum absolute atomic E-state index is 0. The molecule has 4 aromatic rings. The Balaban J connectivity index is 0.00000210. The Kier molecular flexibility index (Phi) is 11.6. The first-order valence-electron chi connectivity index (χ1n) is 19.7. The van der Waals surface area contributed by atoms with Gasteiger partial charge in [0.05, 0.1) is 0 Å². The van der Waals surface area contributed by atoms with E-state index in [0.717, 1.165) is 23.3 Å². The molecule has 52 heavy (non-hydrogen) atoms. The monoisotopic (exact) mass is 898 g/mol. The molecular formula is C47H52Cl2HfO2. The van der Waals surface area contributed by atoms with Crippen LogP contribution in [0.15, 0.2) is 96.1 Å². The number of hydrogen-bond donors (Lipinski definition) is 0. The van der Waals surface area contributed by atoms with Crippen molar-refractivity contribution in [1.29, 1.82) is 0 Å². The van der Waals surface area contributed by atoms with Crippen molar-refractivity contribution >= 4 is 12.2 Å². The molecule has 2 nitrogen and oxygen atoms in total. The zero-order valence-electron chi connectivity index (χ0n) is 30.8. The minimum atomic E-state index is -3.21. The first kappa shape index (κ1) is 37.7. The first-order valence-corrected chi connectivity index (χ1v) is 28.9. The molecule has 4 aromatic carbocycles. The molecule has 4 aliphatic carbocycles. The van der Waals surface area contributed by atoms with Gasteiger partial charge in [0.15, 0.2) is 0 Å². The van der Waals surface area contributed by atoms with Crippen molar-refractivity contribution < 1.29 is 54.3 Å². The second-order valence-electron chi connectivity index (χ2n) is 16.0. The summed E-state index contributed by atoms with van der Waals surface area (Å²) >= 11 is -3.21. The van der Waals surface area contributed by atoms with Crippen molar-refractivity contribution in [1.82, 2.24) is 0 Å². The van der Waals surface area contributed by atoms with E-state index in [4.69, 9.17) is 9.47 Å². The molecule has 1 aliphatic heterocycles. The van der Waals surface area contributed by atoms with Gasteiger partial charge in [-0.2, -0.15) is 0 Å². The summed E-state index contributed by atoms with van der Waals surface area (Å²) in [6.07, 6.45) is 20.9. The van der Waals surface area contributed by atoms with Gasteiger partial charge < -0.3 is 24.8 Å². The van der Waals surface area contributed by atoms with E-state index in [-0.39, 0.29) is 24.8 Å². The Morgan fingerprint density at radius 1 is 0.481 bits per heavy atom. The second-order valence-corrected chi connectivity index (χ2v) is 32.6. The molecule has 5 heteroatoms. The fraction of sp³-hybridized carbons (Fsp3) is 0.404. The van der Waals surface area contributed by atoms with E-state index in [9.17, 15) is 0 Å². The normalized spacial score (nSPS) is 21.5. The van der Waals surface area contributed by atoms with Crippen molar-refractivity contribution in [2.75, 3.05) is 14.2 Å². The predicted octanol–water partition coefficient (Wildman–Crippen LogP) is 7.18. The van der Waals surface area contributed by atoms with Crippen LogP contribution in [-0.4, -0.2) is 14.2 Å². The SMILES string of the molecule is COc1ccc(-c2cccc3c2C=C(C2CCCCC2)[CH]3[Hf+2]2([CH]3C(C4CCCCC4)=Cc4c(-c5ccc(OC)cc5)cccc43)[CH2]C[CH2]2)cc1.[Cl-].[Cl-].